The van der Waals surface area contributed by atoms with Crippen LogP contribution in [0.2, 0.25) is 0 Å². The molecule has 0 aliphatic heterocycles. The fourth-order valence-electron chi connectivity index (χ4n) is 4.35. The van der Waals surface area contributed by atoms with E-state index in [1.807, 2.05) is 0 Å². The van der Waals surface area contributed by atoms with Crippen molar-refractivity contribution in [3.63, 3.8) is 0 Å². The van der Waals surface area contributed by atoms with Crippen LogP contribution in [0, 0.1) is 13.8 Å². The average molecular weight is 524 g/mol. The number of rotatable bonds is 8. The van der Waals surface area contributed by atoms with Gasteiger partial charge >= 0.3 is 11.9 Å². The van der Waals surface area contributed by atoms with Crippen molar-refractivity contribution in [1.29, 1.82) is 0 Å². The third kappa shape index (κ3) is 4.15. The molecule has 2 aromatic carbocycles. The number of carboxylic acids is 1. The molecule has 12 nitrogen and oxygen atoms in total. The Morgan fingerprint density at radius 2 is 1.50 bits per heavy atom. The van der Waals surface area contributed by atoms with Gasteiger partial charge in [-0.3, -0.25) is 9.59 Å². The fraction of sp³-hybridized carbons (Fsp3) is 0.231. The van der Waals surface area contributed by atoms with Gasteiger partial charge in [-0.05, 0) is 44.2 Å². The molecule has 0 aliphatic carbocycles. The number of phenols is 2. The molecule has 0 bridgehead atoms. The smallest absolute Gasteiger partial charge is 0.338 e. The number of benzene rings is 2. The number of methoxy groups -OCH3 is 2. The summed E-state index contributed by atoms with van der Waals surface area (Å²) in [5.74, 6) is -2.53. The molecule has 3 N–H and O–H groups in total. The Labute approximate surface area is 214 Å². The number of carbonyl (C=O) groups excluding carboxylic acids is 1. The van der Waals surface area contributed by atoms with E-state index in [0.29, 0.717) is 0 Å². The number of ether oxygens (including phenoxy) is 3. The molecule has 0 spiro atoms. The molecule has 0 saturated carbocycles. The van der Waals surface area contributed by atoms with Gasteiger partial charge in [0.05, 0.1) is 36.7 Å². The molecular weight excluding hydrogens is 500 g/mol. The number of aromatic carboxylic acids is 1. The number of hydrogen-bond acceptors (Lipinski definition) is 9. The van der Waals surface area contributed by atoms with Gasteiger partial charge in [-0.25, -0.2) is 14.1 Å². The van der Waals surface area contributed by atoms with E-state index in [-0.39, 0.29) is 68.6 Å². The van der Waals surface area contributed by atoms with Crippen molar-refractivity contribution in [2.24, 2.45) is 0 Å². The molecule has 12 heteroatoms. The van der Waals surface area contributed by atoms with Gasteiger partial charge in [-0.2, -0.15) is 4.52 Å². The van der Waals surface area contributed by atoms with E-state index in [1.54, 1.807) is 0 Å². The van der Waals surface area contributed by atoms with Gasteiger partial charge in [0.1, 0.15) is 6.61 Å². The molecule has 4 rings (SSSR count). The predicted molar refractivity (Wildman–Crippen MR) is 132 cm³/mol. The van der Waals surface area contributed by atoms with E-state index >= 15 is 0 Å². The molecule has 0 unspecified atom stereocenters. The highest BCUT2D eigenvalue weighted by molar-refractivity contribution is 5.91. The highest BCUT2D eigenvalue weighted by atomic mass is 16.5. The SMILES string of the molecule is COc1cc(C(=O)OCc2c(C)c(=O)n3c(=O)c(C)c(Cc4c(C(=O)O)ccc(O)c4OC)n23)ccc1O. The van der Waals surface area contributed by atoms with E-state index in [4.69, 9.17) is 14.2 Å². The number of hydrogen-bond donors (Lipinski definition) is 3. The maximum Gasteiger partial charge on any atom is 0.338 e. The topological polar surface area (TPSA) is 165 Å². The lowest BCUT2D eigenvalue weighted by atomic mass is 9.99. The molecule has 38 heavy (non-hydrogen) atoms. The van der Waals surface area contributed by atoms with Gasteiger partial charge < -0.3 is 29.5 Å². The molecule has 0 atom stereocenters. The van der Waals surface area contributed by atoms with Crippen molar-refractivity contribution in [2.45, 2.75) is 26.9 Å². The molecule has 198 valence electrons. The lowest BCUT2D eigenvalue weighted by Gasteiger charge is -2.14. The quantitative estimate of drug-likeness (QED) is 0.290. The third-order valence-corrected chi connectivity index (χ3v) is 6.38. The molecular formula is C26H24N2O10. The number of esters is 1. The Bertz CT molecular complexity index is 1700. The van der Waals surface area contributed by atoms with Crippen LogP contribution >= 0.6 is 0 Å². The summed E-state index contributed by atoms with van der Waals surface area (Å²) in [6.07, 6.45) is -0.194. The van der Waals surface area contributed by atoms with Gasteiger partial charge in [-0.1, -0.05) is 0 Å². The van der Waals surface area contributed by atoms with Crippen LogP contribution in [0.25, 0.3) is 0 Å². The van der Waals surface area contributed by atoms with E-state index in [1.165, 1.54) is 62.9 Å². The largest absolute Gasteiger partial charge is 0.504 e. The lowest BCUT2D eigenvalue weighted by Crippen LogP contribution is -2.23. The number of fused-ring (bicyclic) bond motifs is 1. The number of nitrogens with zero attached hydrogens (tertiary/aromatic N) is 2. The van der Waals surface area contributed by atoms with Crippen LogP contribution in [-0.2, 0) is 17.8 Å². The minimum absolute atomic E-state index is 0.0670. The van der Waals surface area contributed by atoms with Crippen LogP contribution in [-0.4, -0.2) is 50.5 Å². The molecule has 2 heterocycles. The van der Waals surface area contributed by atoms with Gasteiger partial charge in [0, 0.05) is 23.1 Å². The Kier molecular flexibility index (Phi) is 6.73. The third-order valence-electron chi connectivity index (χ3n) is 6.38. The van der Waals surface area contributed by atoms with Gasteiger partial charge in [0.2, 0.25) is 0 Å². The highest BCUT2D eigenvalue weighted by Crippen LogP contribution is 2.35. The van der Waals surface area contributed by atoms with Crippen LogP contribution < -0.4 is 20.6 Å². The Hall–Kier alpha value is -5.00. The van der Waals surface area contributed by atoms with Crippen molar-refractivity contribution < 1.29 is 39.1 Å². The van der Waals surface area contributed by atoms with Crippen molar-refractivity contribution in [1.82, 2.24) is 9.03 Å². The summed E-state index contributed by atoms with van der Waals surface area (Å²) in [5.41, 5.74) is -0.457. The first-order valence-electron chi connectivity index (χ1n) is 11.3. The minimum atomic E-state index is -1.28. The second-order valence-electron chi connectivity index (χ2n) is 8.47. The van der Waals surface area contributed by atoms with Crippen LogP contribution in [0.1, 0.15) is 48.8 Å². The van der Waals surface area contributed by atoms with Crippen molar-refractivity contribution >= 4 is 11.9 Å². The second-order valence-corrected chi connectivity index (χ2v) is 8.47. The Morgan fingerprint density at radius 1 is 0.868 bits per heavy atom. The fourth-order valence-corrected chi connectivity index (χ4v) is 4.35. The van der Waals surface area contributed by atoms with Crippen LogP contribution in [0.5, 0.6) is 23.0 Å². The molecule has 0 radical (unpaired) electrons. The van der Waals surface area contributed by atoms with E-state index in [0.717, 1.165) is 4.52 Å². The van der Waals surface area contributed by atoms with Crippen LogP contribution in [0.4, 0.5) is 0 Å². The Morgan fingerprint density at radius 3 is 2.11 bits per heavy atom. The zero-order valence-electron chi connectivity index (χ0n) is 20.9. The van der Waals surface area contributed by atoms with Crippen molar-refractivity contribution in [2.75, 3.05) is 14.2 Å². The molecule has 0 fully saturated rings. The number of aromatic nitrogens is 2. The van der Waals surface area contributed by atoms with Crippen molar-refractivity contribution in [3.8, 4) is 23.0 Å². The monoisotopic (exact) mass is 524 g/mol. The van der Waals surface area contributed by atoms with E-state index < -0.39 is 29.7 Å². The van der Waals surface area contributed by atoms with Gasteiger partial charge in [0.15, 0.2) is 23.0 Å². The van der Waals surface area contributed by atoms with Gasteiger partial charge in [0.25, 0.3) is 11.1 Å². The predicted octanol–water partition coefficient (Wildman–Crippen LogP) is 1.89. The van der Waals surface area contributed by atoms with Crippen LogP contribution in [0.3, 0.4) is 0 Å². The first-order valence-corrected chi connectivity index (χ1v) is 11.3. The zero-order chi connectivity index (χ0) is 27.9. The van der Waals surface area contributed by atoms with E-state index in [2.05, 4.69) is 0 Å². The average Bonchev–Trinajstić information content (AvgIpc) is 3.28. The normalized spacial score (nSPS) is 11.1. The summed E-state index contributed by atoms with van der Waals surface area (Å²) in [4.78, 5) is 50.6. The summed E-state index contributed by atoms with van der Waals surface area (Å²) in [6, 6.07) is 6.30. The number of phenolic OH excluding ortho intramolecular Hbond substituents is 2. The molecule has 0 aliphatic rings. The summed E-state index contributed by atoms with van der Waals surface area (Å²) >= 11 is 0. The molecule has 2 aromatic heterocycles. The molecule has 0 amide bonds. The minimum Gasteiger partial charge on any atom is -0.504 e. The second kappa shape index (κ2) is 9.81. The molecule has 0 saturated heterocycles. The van der Waals surface area contributed by atoms with E-state index in [9.17, 15) is 34.5 Å². The summed E-state index contributed by atoms with van der Waals surface area (Å²) in [6.45, 7) is 2.56. The number of carbonyl (C=O) groups is 2. The maximum atomic E-state index is 13.0. The Balaban J connectivity index is 1.82. The summed E-state index contributed by atoms with van der Waals surface area (Å²) in [7, 11) is 2.60. The zero-order valence-corrected chi connectivity index (χ0v) is 20.9. The van der Waals surface area contributed by atoms with Gasteiger partial charge in [-0.15, -0.1) is 0 Å². The number of aromatic hydroxyl groups is 2. The van der Waals surface area contributed by atoms with Crippen molar-refractivity contribution in [3.05, 3.63) is 90.2 Å². The standard InChI is InChI=1S/C26H24N2O10/c1-12-17(10-16-15(25(33)34)6-8-20(30)22(16)37-4)27-18(13(2)24(32)28(27)23(12)31)11-38-26(35)14-5-7-19(29)21(9-14)36-3/h5-9,29-30H,10-11H2,1-4H3,(H,33,34). The first kappa shape index (κ1) is 26.1. The highest BCUT2D eigenvalue weighted by Gasteiger charge is 2.27. The summed E-state index contributed by atoms with van der Waals surface area (Å²) < 4.78 is 17.9. The first-order chi connectivity index (χ1) is 18.0. The maximum absolute atomic E-state index is 13.0. The summed E-state index contributed by atoms with van der Waals surface area (Å²) in [5, 5.41) is 29.7. The lowest BCUT2D eigenvalue weighted by molar-refractivity contribution is 0.0464. The molecule has 4 aromatic rings. The number of carboxylic acid groups (broad SMARTS) is 1. The van der Waals surface area contributed by atoms with Crippen LogP contribution in [0.15, 0.2) is 39.9 Å².